The van der Waals surface area contributed by atoms with Gasteiger partial charge in [-0.25, -0.2) is 0 Å². The van der Waals surface area contributed by atoms with Crippen molar-refractivity contribution in [3.8, 4) is 11.5 Å². The summed E-state index contributed by atoms with van der Waals surface area (Å²) in [5.41, 5.74) is 1.78. The predicted octanol–water partition coefficient (Wildman–Crippen LogP) is 6.43. The van der Waals surface area contributed by atoms with Crippen LogP contribution in [0, 0.1) is 0 Å². The molecule has 5 rings (SSSR count). The molecule has 1 radical (unpaired) electrons. The van der Waals surface area contributed by atoms with E-state index in [2.05, 4.69) is 48.5 Å². The molecule has 0 unspecified atom stereocenters. The minimum absolute atomic E-state index is 0. The van der Waals surface area contributed by atoms with Gasteiger partial charge in [0.15, 0.2) is 0 Å². The van der Waals surface area contributed by atoms with Gasteiger partial charge >= 0.3 is 0 Å². The number of hydrogen-bond donors (Lipinski definition) is 0. The van der Waals surface area contributed by atoms with Crippen LogP contribution in [0.15, 0.2) is 72.8 Å². The van der Waals surface area contributed by atoms with E-state index in [0.717, 1.165) is 22.9 Å². The number of ether oxygens (including phenoxy) is 1. The van der Waals surface area contributed by atoms with Crippen molar-refractivity contribution in [2.75, 3.05) is 0 Å². The Labute approximate surface area is 159 Å². The first-order valence-corrected chi connectivity index (χ1v) is 7.32. The van der Waals surface area contributed by atoms with Crippen LogP contribution in [-0.4, -0.2) is 0 Å². The van der Waals surface area contributed by atoms with E-state index in [1.165, 1.54) is 21.5 Å². The molecule has 107 valence electrons. The molecule has 0 saturated heterocycles. The predicted molar refractivity (Wildman–Crippen MR) is 90.6 cm³/mol. The van der Waals surface area contributed by atoms with E-state index < -0.39 is 0 Å². The summed E-state index contributed by atoms with van der Waals surface area (Å²) in [6, 6.07) is 24.8. The smallest absolute Gasteiger partial charge is 0.113 e. The van der Waals surface area contributed by atoms with E-state index in [1.54, 1.807) is 0 Å². The molecule has 0 spiro atoms. The molecule has 0 aliphatic carbocycles. The molecule has 1 aliphatic heterocycles. The second-order valence-corrected chi connectivity index (χ2v) is 5.55. The molecule has 0 amide bonds. The van der Waals surface area contributed by atoms with Crippen molar-refractivity contribution in [2.45, 2.75) is 0 Å². The van der Waals surface area contributed by atoms with E-state index in [9.17, 15) is 0 Å². The van der Waals surface area contributed by atoms with Gasteiger partial charge in [-0.05, 0) is 33.7 Å². The number of benzene rings is 4. The Morgan fingerprint density at radius 2 is 0.957 bits per heavy atom. The maximum atomic E-state index is 6.10. The van der Waals surface area contributed by atoms with Crippen LogP contribution in [0.3, 0.4) is 0 Å². The van der Waals surface area contributed by atoms with Gasteiger partial charge in [-0.2, -0.15) is 0 Å². The van der Waals surface area contributed by atoms with Crippen LogP contribution in [-0.2, 0) is 32.7 Å². The van der Waals surface area contributed by atoms with Crippen LogP contribution in [0.5, 0.6) is 11.5 Å². The van der Waals surface area contributed by atoms with Gasteiger partial charge < -0.3 is 10.1 Å². The van der Waals surface area contributed by atoms with Gasteiger partial charge in [0.25, 0.3) is 0 Å². The average Bonchev–Trinajstić information content (AvgIpc) is 2.56. The van der Waals surface area contributed by atoms with Crippen LogP contribution in [0.2, 0.25) is 0 Å². The second kappa shape index (κ2) is 5.63. The van der Waals surface area contributed by atoms with Gasteiger partial charge in [0.2, 0.25) is 0 Å². The van der Waals surface area contributed by atoms with Gasteiger partial charge in [-0.15, -0.1) is 0 Å². The maximum absolute atomic E-state index is 6.10. The monoisotopic (exact) mass is 371 g/mol. The zero-order valence-electron chi connectivity index (χ0n) is 12.4. The van der Waals surface area contributed by atoms with E-state index in [4.69, 9.17) is 10.1 Å². The molecule has 0 aromatic heterocycles. The Hall–Kier alpha value is -1.90. The van der Waals surface area contributed by atoms with Crippen molar-refractivity contribution in [3.63, 3.8) is 0 Å². The fourth-order valence-electron chi connectivity index (χ4n) is 3.00. The largest absolute Gasteiger partial charge is 0.652 e. The summed E-state index contributed by atoms with van der Waals surface area (Å²) in [6.45, 7) is 0. The summed E-state index contributed by atoms with van der Waals surface area (Å²) < 4.78 is 6.10. The van der Waals surface area contributed by atoms with E-state index >= 15 is 0 Å². The summed E-state index contributed by atoms with van der Waals surface area (Å²) in [5, 5.41) is 9.48. The average molecular weight is 371 g/mol. The molecular weight excluding hydrogens is 359 g/mol. The summed E-state index contributed by atoms with van der Waals surface area (Å²) in [5.74, 6) is 1.64. The molecule has 0 bridgehead atoms. The fraction of sp³-hybridized carbons (Fsp3) is 0. The summed E-state index contributed by atoms with van der Waals surface area (Å²) in [6.07, 6.45) is 0. The normalized spacial score (nSPS) is 11.8. The third-order valence-corrected chi connectivity index (χ3v) is 4.12. The minimum Gasteiger partial charge on any atom is -0.652 e. The standard InChI is InChI=1S/C20H12NO.Y/c1-3-7-15-11-19-17(9-13(15)5-1)21-18-10-14-6-2-4-8-16(14)12-20(18)22-19;/h1-12H;/q-1;. The van der Waals surface area contributed by atoms with E-state index in [0.29, 0.717) is 0 Å². The van der Waals surface area contributed by atoms with Gasteiger partial charge in [0.05, 0.1) is 0 Å². The van der Waals surface area contributed by atoms with Gasteiger partial charge in [0, 0.05) is 32.7 Å². The van der Waals surface area contributed by atoms with Crippen molar-refractivity contribution in [2.24, 2.45) is 0 Å². The summed E-state index contributed by atoms with van der Waals surface area (Å²) in [4.78, 5) is 0. The van der Waals surface area contributed by atoms with Gasteiger partial charge in [-0.3, -0.25) is 0 Å². The van der Waals surface area contributed by atoms with E-state index in [-0.39, 0.29) is 32.7 Å². The van der Waals surface area contributed by atoms with E-state index in [1.807, 2.05) is 24.3 Å². The third kappa shape index (κ3) is 2.43. The Bertz CT molecular complexity index is 876. The maximum Gasteiger partial charge on any atom is 0.113 e. The molecule has 4 aromatic rings. The Morgan fingerprint density at radius 1 is 0.565 bits per heavy atom. The molecule has 3 heteroatoms. The molecule has 0 atom stereocenters. The Kier molecular flexibility index (Phi) is 3.59. The van der Waals surface area contributed by atoms with Crippen molar-refractivity contribution >= 4 is 32.9 Å². The first kappa shape index (κ1) is 14.7. The second-order valence-electron chi connectivity index (χ2n) is 5.55. The number of nitrogens with zero attached hydrogens (tertiary/aromatic N) is 1. The first-order valence-electron chi connectivity index (χ1n) is 7.32. The van der Waals surface area contributed by atoms with Gasteiger partial charge in [-0.1, -0.05) is 72.0 Å². The third-order valence-electron chi connectivity index (χ3n) is 4.12. The summed E-state index contributed by atoms with van der Waals surface area (Å²) in [7, 11) is 0. The Balaban J connectivity index is 0.00000135. The molecule has 0 saturated carbocycles. The number of fused-ring (bicyclic) bond motifs is 4. The van der Waals surface area contributed by atoms with Gasteiger partial charge in [0.1, 0.15) is 11.5 Å². The van der Waals surface area contributed by atoms with Crippen LogP contribution in [0.1, 0.15) is 0 Å². The van der Waals surface area contributed by atoms with Crippen molar-refractivity contribution in [1.82, 2.24) is 0 Å². The first-order chi connectivity index (χ1) is 10.9. The van der Waals surface area contributed by atoms with Crippen molar-refractivity contribution in [3.05, 3.63) is 78.1 Å². The molecule has 1 heterocycles. The van der Waals surface area contributed by atoms with Crippen LogP contribution < -0.4 is 4.74 Å². The SMILES string of the molecule is [Y].c1ccc2cc3c(cc2c1)[N-]c1cc2ccccc2cc1O3. The van der Waals surface area contributed by atoms with Crippen LogP contribution in [0.4, 0.5) is 11.4 Å². The molecule has 0 fully saturated rings. The molecule has 23 heavy (non-hydrogen) atoms. The summed E-state index contributed by atoms with van der Waals surface area (Å²) >= 11 is 0. The molecule has 1 aliphatic rings. The fourth-order valence-corrected chi connectivity index (χ4v) is 3.00. The zero-order chi connectivity index (χ0) is 14.5. The minimum atomic E-state index is 0. The van der Waals surface area contributed by atoms with Crippen molar-refractivity contribution in [1.29, 1.82) is 0 Å². The molecule has 4 aromatic carbocycles. The molecular formula is C20H12NOY-. The van der Waals surface area contributed by atoms with Crippen LogP contribution >= 0.6 is 0 Å². The number of rotatable bonds is 0. The van der Waals surface area contributed by atoms with Crippen molar-refractivity contribution < 1.29 is 37.4 Å². The Morgan fingerprint density at radius 3 is 1.39 bits per heavy atom. The zero-order valence-corrected chi connectivity index (χ0v) is 15.2. The molecule has 0 N–H and O–H groups in total. The topological polar surface area (TPSA) is 23.3 Å². The quantitative estimate of drug-likeness (QED) is 0.308. The molecule has 2 nitrogen and oxygen atoms in total. The number of hydrogen-bond acceptors (Lipinski definition) is 1. The van der Waals surface area contributed by atoms with Crippen LogP contribution in [0.25, 0.3) is 26.9 Å².